The predicted molar refractivity (Wildman–Crippen MR) is 83.9 cm³/mol. The molecule has 0 saturated heterocycles. The third-order valence-corrected chi connectivity index (χ3v) is 4.51. The fraction of sp³-hybridized carbons (Fsp3) is 0.667. The van der Waals surface area contributed by atoms with Crippen LogP contribution in [0.1, 0.15) is 53.4 Å². The van der Waals surface area contributed by atoms with Crippen LogP contribution in [0.15, 0.2) is 35.6 Å². The quantitative estimate of drug-likeness (QED) is 0.713. The highest BCUT2D eigenvalue weighted by Gasteiger charge is 2.31. The normalized spacial score (nSPS) is 27.5. The van der Waals surface area contributed by atoms with Crippen LogP contribution in [-0.2, 0) is 0 Å². The molecule has 0 aliphatic heterocycles. The molecular weight excluding hydrogens is 230 g/mol. The summed E-state index contributed by atoms with van der Waals surface area (Å²) in [5.74, 6) is 2.15. The van der Waals surface area contributed by atoms with Crippen LogP contribution in [0.25, 0.3) is 0 Å². The molecule has 0 saturated carbocycles. The van der Waals surface area contributed by atoms with Gasteiger partial charge in [0.15, 0.2) is 0 Å². The highest BCUT2D eigenvalue weighted by atomic mass is 14.9. The van der Waals surface area contributed by atoms with Gasteiger partial charge >= 0.3 is 0 Å². The average molecular weight is 259 g/mol. The van der Waals surface area contributed by atoms with Gasteiger partial charge in [-0.1, -0.05) is 45.9 Å². The first-order chi connectivity index (χ1) is 9.09. The van der Waals surface area contributed by atoms with E-state index in [-0.39, 0.29) is 0 Å². The lowest BCUT2D eigenvalue weighted by atomic mass is 9.74. The lowest BCUT2D eigenvalue weighted by Gasteiger charge is -2.38. The number of nitrogens with one attached hydrogen (secondary N) is 1. The molecule has 0 spiro atoms. The van der Waals surface area contributed by atoms with Gasteiger partial charge in [0.05, 0.1) is 6.04 Å². The Morgan fingerprint density at radius 1 is 1.05 bits per heavy atom. The van der Waals surface area contributed by atoms with Crippen LogP contribution in [0, 0.1) is 17.8 Å². The van der Waals surface area contributed by atoms with Gasteiger partial charge in [-0.15, -0.1) is 0 Å². The lowest BCUT2D eigenvalue weighted by molar-refractivity contribution is 0.275. The largest absolute Gasteiger partial charge is 0.379 e. The van der Waals surface area contributed by atoms with Crippen LogP contribution in [0.5, 0.6) is 0 Å². The first kappa shape index (κ1) is 14.4. The van der Waals surface area contributed by atoms with E-state index in [1.807, 2.05) is 0 Å². The van der Waals surface area contributed by atoms with Gasteiger partial charge < -0.3 is 5.32 Å². The van der Waals surface area contributed by atoms with Gasteiger partial charge in [-0.2, -0.15) is 0 Å². The SMILES string of the molecule is CC(C)C1=CCCC(C(C)C)C1NC1=CCCC=C1. The molecule has 0 amide bonds. The maximum atomic E-state index is 3.83. The van der Waals surface area contributed by atoms with E-state index < -0.39 is 0 Å². The van der Waals surface area contributed by atoms with Gasteiger partial charge in [-0.25, -0.2) is 0 Å². The highest BCUT2D eigenvalue weighted by Crippen LogP contribution is 2.34. The zero-order valence-corrected chi connectivity index (χ0v) is 12.9. The summed E-state index contributed by atoms with van der Waals surface area (Å²) in [5.41, 5.74) is 2.94. The summed E-state index contributed by atoms with van der Waals surface area (Å²) in [5, 5.41) is 3.83. The van der Waals surface area contributed by atoms with E-state index in [1.165, 1.54) is 31.4 Å². The van der Waals surface area contributed by atoms with Crippen molar-refractivity contribution >= 4 is 0 Å². The second-order valence-corrected chi connectivity index (χ2v) is 6.61. The highest BCUT2D eigenvalue weighted by molar-refractivity contribution is 5.27. The molecule has 0 bridgehead atoms. The minimum absolute atomic E-state index is 0.530. The van der Waals surface area contributed by atoms with E-state index in [4.69, 9.17) is 0 Å². The molecule has 106 valence electrons. The van der Waals surface area contributed by atoms with Crippen LogP contribution in [0.4, 0.5) is 0 Å². The second kappa shape index (κ2) is 6.45. The van der Waals surface area contributed by atoms with Crippen molar-refractivity contribution in [2.75, 3.05) is 0 Å². The molecule has 0 aromatic heterocycles. The molecule has 0 aromatic rings. The Bertz CT molecular complexity index is 384. The number of allylic oxidation sites excluding steroid dienone is 4. The van der Waals surface area contributed by atoms with Crippen molar-refractivity contribution in [2.24, 2.45) is 17.8 Å². The zero-order valence-electron chi connectivity index (χ0n) is 12.9. The molecule has 2 atom stereocenters. The Labute approximate surface area is 118 Å². The third-order valence-electron chi connectivity index (χ3n) is 4.51. The lowest BCUT2D eigenvalue weighted by Crippen LogP contribution is -2.42. The molecule has 2 rings (SSSR count). The van der Waals surface area contributed by atoms with Crippen molar-refractivity contribution in [2.45, 2.75) is 59.4 Å². The molecule has 0 radical (unpaired) electrons. The standard InChI is InChI=1S/C18H29N/c1-13(2)16-11-8-12-17(14(3)4)18(16)19-15-9-6-5-7-10-15/h6,9-11,13-14,17-19H,5,7-8,12H2,1-4H3. The minimum atomic E-state index is 0.530. The first-order valence-corrected chi connectivity index (χ1v) is 7.92. The Morgan fingerprint density at radius 3 is 2.42 bits per heavy atom. The summed E-state index contributed by atoms with van der Waals surface area (Å²) in [6.07, 6.45) is 14.3. The first-order valence-electron chi connectivity index (χ1n) is 7.92. The molecule has 0 heterocycles. The third kappa shape index (κ3) is 3.52. The van der Waals surface area contributed by atoms with E-state index >= 15 is 0 Å². The van der Waals surface area contributed by atoms with E-state index in [0.717, 1.165) is 11.8 Å². The van der Waals surface area contributed by atoms with Crippen LogP contribution in [-0.4, -0.2) is 6.04 Å². The molecule has 0 aromatic carbocycles. The fourth-order valence-electron chi connectivity index (χ4n) is 3.39. The van der Waals surface area contributed by atoms with E-state index in [2.05, 4.69) is 57.3 Å². The smallest absolute Gasteiger partial charge is 0.0506 e. The molecule has 2 aliphatic rings. The van der Waals surface area contributed by atoms with Gasteiger partial charge in [0.25, 0.3) is 0 Å². The Balaban J connectivity index is 2.18. The molecule has 1 nitrogen and oxygen atoms in total. The topological polar surface area (TPSA) is 12.0 Å². The maximum absolute atomic E-state index is 3.83. The number of hydrogen-bond acceptors (Lipinski definition) is 1. The van der Waals surface area contributed by atoms with E-state index in [9.17, 15) is 0 Å². The van der Waals surface area contributed by atoms with Crippen LogP contribution in [0.2, 0.25) is 0 Å². The molecule has 1 heteroatoms. The summed E-state index contributed by atoms with van der Waals surface area (Å²) < 4.78 is 0. The van der Waals surface area contributed by atoms with Crippen molar-refractivity contribution in [3.8, 4) is 0 Å². The van der Waals surface area contributed by atoms with Gasteiger partial charge in [-0.05, 0) is 55.1 Å². The van der Waals surface area contributed by atoms with Crippen molar-refractivity contribution < 1.29 is 0 Å². The van der Waals surface area contributed by atoms with Crippen LogP contribution < -0.4 is 5.32 Å². The molecule has 2 unspecified atom stereocenters. The fourth-order valence-corrected chi connectivity index (χ4v) is 3.39. The monoisotopic (exact) mass is 259 g/mol. The molecular formula is C18H29N. The molecule has 1 N–H and O–H groups in total. The van der Waals surface area contributed by atoms with Gasteiger partial charge in [0.1, 0.15) is 0 Å². The number of rotatable bonds is 4. The summed E-state index contributed by atoms with van der Waals surface area (Å²) in [4.78, 5) is 0. The van der Waals surface area contributed by atoms with Crippen LogP contribution in [0.3, 0.4) is 0 Å². The summed E-state index contributed by atoms with van der Waals surface area (Å²) in [6.45, 7) is 9.39. The second-order valence-electron chi connectivity index (χ2n) is 6.61. The summed E-state index contributed by atoms with van der Waals surface area (Å²) >= 11 is 0. The summed E-state index contributed by atoms with van der Waals surface area (Å²) in [6, 6.07) is 0.530. The van der Waals surface area contributed by atoms with Crippen molar-refractivity contribution in [3.63, 3.8) is 0 Å². The Morgan fingerprint density at radius 2 is 1.84 bits per heavy atom. The Kier molecular flexibility index (Phi) is 4.90. The predicted octanol–water partition coefficient (Wildman–Crippen LogP) is 4.83. The molecule has 19 heavy (non-hydrogen) atoms. The Hall–Kier alpha value is -0.980. The van der Waals surface area contributed by atoms with Crippen molar-refractivity contribution in [1.82, 2.24) is 5.32 Å². The van der Waals surface area contributed by atoms with Gasteiger partial charge in [-0.3, -0.25) is 0 Å². The van der Waals surface area contributed by atoms with Crippen LogP contribution >= 0.6 is 0 Å². The van der Waals surface area contributed by atoms with Gasteiger partial charge in [0.2, 0.25) is 0 Å². The van der Waals surface area contributed by atoms with E-state index in [0.29, 0.717) is 12.0 Å². The maximum Gasteiger partial charge on any atom is 0.0506 e. The number of hydrogen-bond donors (Lipinski definition) is 1. The molecule has 0 fully saturated rings. The summed E-state index contributed by atoms with van der Waals surface area (Å²) in [7, 11) is 0. The van der Waals surface area contributed by atoms with Crippen molar-refractivity contribution in [1.29, 1.82) is 0 Å². The minimum Gasteiger partial charge on any atom is -0.379 e. The van der Waals surface area contributed by atoms with E-state index in [1.54, 1.807) is 5.57 Å². The van der Waals surface area contributed by atoms with Gasteiger partial charge in [0, 0.05) is 5.70 Å². The van der Waals surface area contributed by atoms with Crippen molar-refractivity contribution in [3.05, 3.63) is 35.6 Å². The molecule has 2 aliphatic carbocycles. The average Bonchev–Trinajstić information content (AvgIpc) is 2.39. The zero-order chi connectivity index (χ0) is 13.8.